The number of para-hydroxylation sites is 1. The van der Waals surface area contributed by atoms with Crippen LogP contribution in [-0.2, 0) is 33.2 Å². The van der Waals surface area contributed by atoms with Crippen molar-refractivity contribution in [1.29, 1.82) is 0 Å². The molecular weight excluding hydrogens is 417 g/mol. The highest BCUT2D eigenvalue weighted by molar-refractivity contribution is 7.92. The number of sulfonamides is 1. The van der Waals surface area contributed by atoms with Gasteiger partial charge in [-0.05, 0) is 46.7 Å². The van der Waals surface area contributed by atoms with Gasteiger partial charge in [-0.15, -0.1) is 0 Å². The number of fused-ring (bicyclic) bond motifs is 1. The molecular formula is C21H23F3N2O3S. The molecule has 0 saturated heterocycles. The van der Waals surface area contributed by atoms with Gasteiger partial charge in [-0.3, -0.25) is 9.52 Å². The van der Waals surface area contributed by atoms with Gasteiger partial charge in [0, 0.05) is 13.1 Å². The molecule has 0 atom stereocenters. The summed E-state index contributed by atoms with van der Waals surface area (Å²) in [6.07, 6.45) is -4.73. The van der Waals surface area contributed by atoms with Crippen molar-refractivity contribution in [3.63, 3.8) is 0 Å². The van der Waals surface area contributed by atoms with Gasteiger partial charge in [0.1, 0.15) is 0 Å². The Labute approximate surface area is 173 Å². The largest absolute Gasteiger partial charge is 0.471 e. The number of halogens is 3. The Morgan fingerprint density at radius 2 is 1.70 bits per heavy atom. The fourth-order valence-corrected chi connectivity index (χ4v) is 4.61. The zero-order valence-electron chi connectivity index (χ0n) is 16.9. The fraction of sp³-hybridized carbons (Fsp3) is 0.381. The molecule has 2 aromatic carbocycles. The third-order valence-corrected chi connectivity index (χ3v) is 6.37. The Balaban J connectivity index is 1.90. The third-order valence-electron chi connectivity index (χ3n) is 5.01. The van der Waals surface area contributed by atoms with Gasteiger partial charge in [-0.2, -0.15) is 13.2 Å². The first-order chi connectivity index (χ1) is 13.8. The van der Waals surface area contributed by atoms with E-state index in [1.165, 1.54) is 12.1 Å². The summed E-state index contributed by atoms with van der Waals surface area (Å²) in [5, 5.41) is 0. The summed E-state index contributed by atoms with van der Waals surface area (Å²) in [6.45, 7) is 5.55. The van der Waals surface area contributed by atoms with Crippen LogP contribution in [0.4, 0.5) is 18.9 Å². The van der Waals surface area contributed by atoms with E-state index in [4.69, 9.17) is 0 Å². The minimum absolute atomic E-state index is 0.0609. The molecule has 1 aliphatic heterocycles. The molecule has 3 rings (SSSR count). The molecule has 0 aromatic heterocycles. The molecule has 1 amide bonds. The van der Waals surface area contributed by atoms with Crippen LogP contribution in [0.3, 0.4) is 0 Å². The second kappa shape index (κ2) is 7.61. The fourth-order valence-electron chi connectivity index (χ4n) is 3.48. The van der Waals surface area contributed by atoms with Gasteiger partial charge in [0.15, 0.2) is 0 Å². The van der Waals surface area contributed by atoms with Crippen molar-refractivity contribution in [3.8, 4) is 0 Å². The Bertz CT molecular complexity index is 1070. The number of nitrogens with zero attached hydrogens (tertiary/aromatic N) is 1. The lowest BCUT2D eigenvalue weighted by molar-refractivity contribution is -0.186. The maximum absolute atomic E-state index is 13.0. The van der Waals surface area contributed by atoms with Crippen molar-refractivity contribution in [2.24, 2.45) is 0 Å². The van der Waals surface area contributed by atoms with E-state index in [2.05, 4.69) is 4.72 Å². The van der Waals surface area contributed by atoms with Crippen molar-refractivity contribution in [3.05, 3.63) is 59.2 Å². The standard InChI is InChI=1S/C21H23F3N2O3S/c1-20(2,3)17-6-4-5-7-18(17)25-30(28,29)16-9-8-14-10-11-26(13-15(14)12-16)19(27)21(22,23)24/h4-9,12,25H,10-11,13H2,1-3H3. The van der Waals surface area contributed by atoms with Gasteiger partial charge in [0.25, 0.3) is 10.0 Å². The number of benzene rings is 2. The Kier molecular flexibility index (Phi) is 5.62. The quantitative estimate of drug-likeness (QED) is 0.777. The third kappa shape index (κ3) is 4.61. The Morgan fingerprint density at radius 3 is 2.33 bits per heavy atom. The number of anilines is 1. The maximum Gasteiger partial charge on any atom is 0.471 e. The summed E-state index contributed by atoms with van der Waals surface area (Å²) in [5.41, 5.74) is 2.08. The number of rotatable bonds is 3. The van der Waals surface area contributed by atoms with Crippen molar-refractivity contribution in [1.82, 2.24) is 4.90 Å². The molecule has 5 nitrogen and oxygen atoms in total. The van der Waals surface area contributed by atoms with Gasteiger partial charge in [0.05, 0.1) is 10.6 Å². The Hall–Kier alpha value is -2.55. The van der Waals surface area contributed by atoms with E-state index < -0.39 is 22.1 Å². The zero-order chi connectivity index (χ0) is 22.3. The molecule has 0 radical (unpaired) electrons. The number of amides is 1. The number of carbonyl (C=O) groups excluding carboxylic acids is 1. The summed E-state index contributed by atoms with van der Waals surface area (Å²) >= 11 is 0. The van der Waals surface area contributed by atoms with E-state index in [-0.39, 0.29) is 29.8 Å². The Morgan fingerprint density at radius 1 is 1.03 bits per heavy atom. The molecule has 0 fully saturated rings. The summed E-state index contributed by atoms with van der Waals surface area (Å²) in [6, 6.07) is 11.4. The van der Waals surface area contributed by atoms with Gasteiger partial charge >= 0.3 is 12.1 Å². The van der Waals surface area contributed by atoms with Crippen molar-refractivity contribution in [2.75, 3.05) is 11.3 Å². The summed E-state index contributed by atoms with van der Waals surface area (Å²) in [7, 11) is -3.97. The minimum Gasteiger partial charge on any atom is -0.330 e. The SMILES string of the molecule is CC(C)(C)c1ccccc1NS(=O)(=O)c1ccc2c(c1)CN(C(=O)C(F)(F)F)CC2. The van der Waals surface area contributed by atoms with Crippen LogP contribution in [-0.4, -0.2) is 31.9 Å². The number of hydrogen-bond acceptors (Lipinski definition) is 3. The molecule has 0 bridgehead atoms. The average molecular weight is 440 g/mol. The highest BCUT2D eigenvalue weighted by Crippen LogP contribution is 2.32. The van der Waals surface area contributed by atoms with Crippen LogP contribution >= 0.6 is 0 Å². The van der Waals surface area contributed by atoms with E-state index in [9.17, 15) is 26.4 Å². The van der Waals surface area contributed by atoms with E-state index in [1.807, 2.05) is 32.9 Å². The van der Waals surface area contributed by atoms with Gasteiger partial charge in [-0.1, -0.05) is 45.0 Å². The normalized spacial score (nSPS) is 14.9. The molecule has 0 unspecified atom stereocenters. The van der Waals surface area contributed by atoms with Crippen LogP contribution in [0.25, 0.3) is 0 Å². The molecule has 1 heterocycles. The molecule has 9 heteroatoms. The van der Waals surface area contributed by atoms with Crippen LogP contribution in [0.15, 0.2) is 47.4 Å². The minimum atomic E-state index is -4.96. The summed E-state index contributed by atoms with van der Waals surface area (Å²) in [4.78, 5) is 12.2. The molecule has 162 valence electrons. The molecule has 1 aliphatic rings. The van der Waals surface area contributed by atoms with E-state index in [1.54, 1.807) is 18.2 Å². The highest BCUT2D eigenvalue weighted by Gasteiger charge is 2.43. The second-order valence-corrected chi connectivity index (χ2v) is 9.99. The van der Waals surface area contributed by atoms with Crippen molar-refractivity contribution < 1.29 is 26.4 Å². The van der Waals surface area contributed by atoms with Crippen molar-refractivity contribution >= 4 is 21.6 Å². The monoisotopic (exact) mass is 440 g/mol. The zero-order valence-corrected chi connectivity index (χ0v) is 17.7. The highest BCUT2D eigenvalue weighted by atomic mass is 32.2. The van der Waals surface area contributed by atoms with Crippen LogP contribution < -0.4 is 4.72 Å². The lowest BCUT2D eigenvalue weighted by Crippen LogP contribution is -2.43. The molecule has 1 N–H and O–H groups in total. The molecule has 0 saturated carbocycles. The van der Waals surface area contributed by atoms with Gasteiger partial charge in [0.2, 0.25) is 0 Å². The van der Waals surface area contributed by atoms with Crippen LogP contribution in [0.2, 0.25) is 0 Å². The predicted octanol–water partition coefficient (Wildman–Crippen LogP) is 4.23. The molecule has 0 spiro atoms. The number of hydrogen-bond donors (Lipinski definition) is 1. The molecule has 2 aromatic rings. The van der Waals surface area contributed by atoms with E-state index >= 15 is 0 Å². The van der Waals surface area contributed by atoms with E-state index in [0.717, 1.165) is 11.1 Å². The first-order valence-electron chi connectivity index (χ1n) is 9.39. The molecule has 30 heavy (non-hydrogen) atoms. The van der Waals surface area contributed by atoms with Crippen LogP contribution in [0, 0.1) is 0 Å². The topological polar surface area (TPSA) is 66.5 Å². The summed E-state index contributed by atoms with van der Waals surface area (Å²) in [5.74, 6) is -1.92. The number of nitrogens with one attached hydrogen (secondary N) is 1. The lowest BCUT2D eigenvalue weighted by atomic mass is 9.86. The second-order valence-electron chi connectivity index (χ2n) is 8.31. The number of carbonyl (C=O) groups is 1. The van der Waals surface area contributed by atoms with Gasteiger partial charge in [-0.25, -0.2) is 8.42 Å². The smallest absolute Gasteiger partial charge is 0.330 e. The first kappa shape index (κ1) is 22.1. The molecule has 0 aliphatic carbocycles. The van der Waals surface area contributed by atoms with Gasteiger partial charge < -0.3 is 4.90 Å². The lowest BCUT2D eigenvalue weighted by Gasteiger charge is -2.29. The van der Waals surface area contributed by atoms with E-state index in [0.29, 0.717) is 16.2 Å². The number of alkyl halides is 3. The first-order valence-corrected chi connectivity index (χ1v) is 10.9. The maximum atomic E-state index is 13.0. The van der Waals surface area contributed by atoms with Crippen LogP contribution in [0.1, 0.15) is 37.5 Å². The van der Waals surface area contributed by atoms with Crippen LogP contribution in [0.5, 0.6) is 0 Å². The summed E-state index contributed by atoms with van der Waals surface area (Å²) < 4.78 is 66.8. The average Bonchev–Trinajstić information content (AvgIpc) is 2.65. The van der Waals surface area contributed by atoms with Crippen molar-refractivity contribution in [2.45, 2.75) is 50.2 Å². The predicted molar refractivity (Wildman–Crippen MR) is 108 cm³/mol.